The molecule has 3 N–H and O–H groups in total. The normalized spacial score (nSPS) is 24.6. The maximum absolute atomic E-state index is 12.2. The second-order valence-corrected chi connectivity index (χ2v) is 8.14. The summed E-state index contributed by atoms with van der Waals surface area (Å²) in [7, 11) is -1.98. The Bertz CT molecular complexity index is 513. The predicted molar refractivity (Wildman–Crippen MR) is 72.9 cm³/mol. The maximum atomic E-state index is 12.2. The van der Waals surface area contributed by atoms with Gasteiger partial charge in [-0.25, -0.2) is 18.1 Å². The van der Waals surface area contributed by atoms with E-state index in [1.807, 2.05) is 11.8 Å². The number of nitrogens with two attached hydrogens (primary N) is 1. The van der Waals surface area contributed by atoms with E-state index < -0.39 is 10.0 Å². The van der Waals surface area contributed by atoms with Crippen LogP contribution in [0, 0.1) is 0 Å². The molecule has 1 atom stereocenters. The third-order valence-corrected chi connectivity index (χ3v) is 6.17. The highest BCUT2D eigenvalue weighted by molar-refractivity contribution is 8.01. The van der Waals surface area contributed by atoms with E-state index >= 15 is 0 Å². The molecule has 6 nitrogen and oxygen atoms in total. The number of rotatable bonds is 4. The van der Waals surface area contributed by atoms with Crippen molar-refractivity contribution in [2.75, 3.05) is 18.0 Å². The summed E-state index contributed by atoms with van der Waals surface area (Å²) in [5, 5.41) is 0.0362. The van der Waals surface area contributed by atoms with Crippen LogP contribution in [0.15, 0.2) is 11.4 Å². The molecule has 0 aromatic carbocycles. The van der Waals surface area contributed by atoms with Crippen LogP contribution in [0.5, 0.6) is 0 Å². The van der Waals surface area contributed by atoms with Crippen molar-refractivity contribution in [3.8, 4) is 0 Å². The van der Waals surface area contributed by atoms with Crippen LogP contribution in [-0.2, 0) is 17.1 Å². The minimum atomic E-state index is -3.59. The largest absolute Gasteiger partial charge is 0.381 e. The first kappa shape index (κ1) is 13.7. The summed E-state index contributed by atoms with van der Waals surface area (Å²) in [5.41, 5.74) is 5.59. The first-order valence-electron chi connectivity index (χ1n) is 5.74. The van der Waals surface area contributed by atoms with Crippen LogP contribution < -0.4 is 10.5 Å². The Kier molecular flexibility index (Phi) is 3.61. The number of nitrogens with zero attached hydrogens (tertiary/aromatic N) is 2. The number of aryl methyl sites for hydroxylation is 1. The van der Waals surface area contributed by atoms with Crippen molar-refractivity contribution in [1.29, 1.82) is 0 Å². The summed E-state index contributed by atoms with van der Waals surface area (Å²) in [6.07, 6.45) is 3.56. The molecule has 8 heteroatoms. The summed E-state index contributed by atoms with van der Waals surface area (Å²) in [6.45, 7) is 2.50. The van der Waals surface area contributed by atoms with E-state index in [1.165, 1.54) is 10.9 Å². The molecule has 1 aliphatic rings. The van der Waals surface area contributed by atoms with Crippen molar-refractivity contribution >= 4 is 27.6 Å². The summed E-state index contributed by atoms with van der Waals surface area (Å²) in [5.74, 6) is 1.13. The average molecular weight is 290 g/mol. The molecule has 2 rings (SSSR count). The third kappa shape index (κ3) is 2.65. The molecule has 0 saturated carbocycles. The number of imidazole rings is 1. The topological polar surface area (TPSA) is 90.0 Å². The lowest BCUT2D eigenvalue weighted by Crippen LogP contribution is -2.37. The summed E-state index contributed by atoms with van der Waals surface area (Å²) < 4.78 is 28.4. The monoisotopic (exact) mass is 290 g/mol. The van der Waals surface area contributed by atoms with Gasteiger partial charge in [0.05, 0.1) is 6.33 Å². The molecule has 1 fully saturated rings. The third-order valence-electron chi connectivity index (χ3n) is 3.10. The first-order chi connectivity index (χ1) is 8.34. The van der Waals surface area contributed by atoms with E-state index in [4.69, 9.17) is 5.73 Å². The molecule has 1 aliphatic heterocycles. The number of hydrogen-bond acceptors (Lipinski definition) is 5. The Morgan fingerprint density at radius 1 is 1.67 bits per heavy atom. The van der Waals surface area contributed by atoms with Crippen LogP contribution in [0.25, 0.3) is 0 Å². The van der Waals surface area contributed by atoms with Gasteiger partial charge in [0.25, 0.3) is 10.0 Å². The molecular weight excluding hydrogens is 272 g/mol. The Morgan fingerprint density at radius 3 is 2.89 bits per heavy atom. The van der Waals surface area contributed by atoms with E-state index in [0.29, 0.717) is 6.54 Å². The minimum Gasteiger partial charge on any atom is -0.381 e. The zero-order valence-corrected chi connectivity index (χ0v) is 12.1. The van der Waals surface area contributed by atoms with Crippen LogP contribution in [-0.4, -0.2) is 35.0 Å². The molecule has 0 bridgehead atoms. The quantitative estimate of drug-likeness (QED) is 0.846. The SMILES string of the molecule is Cn1cnc(N)c1S(=O)(=O)NCC1(C)CCCS1. The lowest BCUT2D eigenvalue weighted by molar-refractivity contribution is 0.546. The number of nitrogens with one attached hydrogen (secondary N) is 1. The molecule has 0 radical (unpaired) electrons. The van der Waals surface area contributed by atoms with Gasteiger partial charge in [-0.1, -0.05) is 0 Å². The van der Waals surface area contributed by atoms with Gasteiger partial charge in [0, 0.05) is 18.3 Å². The number of thioether (sulfide) groups is 1. The molecule has 2 heterocycles. The van der Waals surface area contributed by atoms with Gasteiger partial charge >= 0.3 is 0 Å². The Labute approximate surface area is 111 Å². The van der Waals surface area contributed by atoms with E-state index in [-0.39, 0.29) is 15.6 Å². The van der Waals surface area contributed by atoms with Gasteiger partial charge in [0.1, 0.15) is 0 Å². The van der Waals surface area contributed by atoms with E-state index in [2.05, 4.69) is 16.6 Å². The molecule has 18 heavy (non-hydrogen) atoms. The summed E-state index contributed by atoms with van der Waals surface area (Å²) in [4.78, 5) is 3.80. The van der Waals surface area contributed by atoms with Gasteiger partial charge in [0.15, 0.2) is 10.8 Å². The van der Waals surface area contributed by atoms with Crippen molar-refractivity contribution < 1.29 is 8.42 Å². The average Bonchev–Trinajstić information content (AvgIpc) is 2.85. The molecule has 1 saturated heterocycles. The second kappa shape index (κ2) is 4.75. The molecule has 102 valence electrons. The standard InChI is InChI=1S/C10H18N4O2S2/c1-10(4-3-5-17-10)6-13-18(15,16)9-8(11)12-7-14(9)2/h7,13H,3-6,11H2,1-2H3. The van der Waals surface area contributed by atoms with Crippen molar-refractivity contribution in [2.45, 2.75) is 29.5 Å². The highest BCUT2D eigenvalue weighted by atomic mass is 32.2. The van der Waals surface area contributed by atoms with Crippen molar-refractivity contribution in [3.05, 3.63) is 6.33 Å². The Balaban J connectivity index is 2.13. The highest BCUT2D eigenvalue weighted by Gasteiger charge is 2.32. The number of anilines is 1. The lowest BCUT2D eigenvalue weighted by Gasteiger charge is -2.22. The zero-order chi connectivity index (χ0) is 13.4. The molecule has 0 spiro atoms. The van der Waals surface area contributed by atoms with Gasteiger partial charge in [-0.15, -0.1) is 0 Å². The second-order valence-electron chi connectivity index (χ2n) is 4.77. The summed E-state index contributed by atoms with van der Waals surface area (Å²) in [6, 6.07) is 0. The Morgan fingerprint density at radius 2 is 2.39 bits per heavy atom. The molecule has 0 amide bonds. The van der Waals surface area contributed by atoms with Crippen molar-refractivity contribution in [2.24, 2.45) is 7.05 Å². The summed E-state index contributed by atoms with van der Waals surface area (Å²) >= 11 is 1.81. The van der Waals surface area contributed by atoms with Crippen LogP contribution >= 0.6 is 11.8 Å². The van der Waals surface area contributed by atoms with Crippen LogP contribution in [0.4, 0.5) is 5.82 Å². The van der Waals surface area contributed by atoms with Gasteiger partial charge in [-0.05, 0) is 25.5 Å². The van der Waals surface area contributed by atoms with E-state index in [0.717, 1.165) is 18.6 Å². The predicted octanol–water partition coefficient (Wildman–Crippen LogP) is 0.566. The van der Waals surface area contributed by atoms with Crippen molar-refractivity contribution in [3.63, 3.8) is 0 Å². The van der Waals surface area contributed by atoms with Gasteiger partial charge < -0.3 is 10.3 Å². The lowest BCUT2D eigenvalue weighted by atomic mass is 10.1. The van der Waals surface area contributed by atoms with Gasteiger partial charge in [-0.3, -0.25) is 0 Å². The number of hydrogen-bond donors (Lipinski definition) is 2. The molecule has 0 aliphatic carbocycles. The smallest absolute Gasteiger partial charge is 0.260 e. The molecule has 1 aromatic rings. The molecular formula is C10H18N4O2S2. The minimum absolute atomic E-state index is 0.0135. The van der Waals surface area contributed by atoms with E-state index in [9.17, 15) is 8.42 Å². The maximum Gasteiger partial charge on any atom is 0.260 e. The zero-order valence-electron chi connectivity index (χ0n) is 10.5. The van der Waals surface area contributed by atoms with Gasteiger partial charge in [0.2, 0.25) is 0 Å². The number of sulfonamides is 1. The molecule has 1 unspecified atom stereocenters. The number of nitrogen functional groups attached to an aromatic ring is 1. The Hall–Kier alpha value is -0.730. The number of aromatic nitrogens is 2. The fourth-order valence-electron chi connectivity index (χ4n) is 2.06. The van der Waals surface area contributed by atoms with Crippen molar-refractivity contribution in [1.82, 2.24) is 14.3 Å². The fraction of sp³-hybridized carbons (Fsp3) is 0.700. The van der Waals surface area contributed by atoms with Gasteiger partial charge in [-0.2, -0.15) is 11.8 Å². The van der Waals surface area contributed by atoms with Crippen LogP contribution in [0.2, 0.25) is 0 Å². The highest BCUT2D eigenvalue weighted by Crippen LogP contribution is 2.37. The first-order valence-corrected chi connectivity index (χ1v) is 8.21. The van der Waals surface area contributed by atoms with E-state index in [1.54, 1.807) is 7.05 Å². The molecule has 1 aromatic heterocycles. The van der Waals surface area contributed by atoms with Crippen LogP contribution in [0.3, 0.4) is 0 Å². The van der Waals surface area contributed by atoms with Crippen LogP contribution in [0.1, 0.15) is 19.8 Å². The fourth-order valence-corrected chi connectivity index (χ4v) is 4.79.